The Morgan fingerprint density at radius 1 is 1.19 bits per heavy atom. The molecule has 7 nitrogen and oxygen atoms in total. The molecule has 0 radical (unpaired) electrons. The zero-order chi connectivity index (χ0) is 18.1. The molecule has 0 saturated heterocycles. The van der Waals surface area contributed by atoms with Crippen molar-refractivity contribution in [2.75, 3.05) is 5.32 Å². The molecule has 0 saturated carbocycles. The van der Waals surface area contributed by atoms with E-state index in [0.717, 1.165) is 11.1 Å². The van der Waals surface area contributed by atoms with Gasteiger partial charge in [0.2, 0.25) is 5.88 Å². The van der Waals surface area contributed by atoms with Crippen LogP contribution >= 0.6 is 11.3 Å². The van der Waals surface area contributed by atoms with Gasteiger partial charge in [0.15, 0.2) is 10.9 Å². The third kappa shape index (κ3) is 3.05. The van der Waals surface area contributed by atoms with Crippen LogP contribution in [0.5, 0.6) is 5.88 Å². The second-order valence-corrected chi connectivity index (χ2v) is 6.48. The summed E-state index contributed by atoms with van der Waals surface area (Å²) in [6.45, 7) is 0. The highest BCUT2D eigenvalue weighted by molar-refractivity contribution is 7.16. The summed E-state index contributed by atoms with van der Waals surface area (Å²) in [5.74, 6) is -0.414. The fraction of sp³-hybridized carbons (Fsp3) is 0. The van der Waals surface area contributed by atoms with Crippen LogP contribution in [-0.2, 0) is 0 Å². The van der Waals surface area contributed by atoms with E-state index in [2.05, 4.69) is 20.3 Å². The lowest BCUT2D eigenvalue weighted by atomic mass is 10.1. The number of benzene rings is 1. The average Bonchev–Trinajstić information content (AvgIpc) is 3.20. The summed E-state index contributed by atoms with van der Waals surface area (Å²) in [6, 6.07) is 10.0. The standard InChI is InChI=1S/C18H12N4O3S/c23-16-14(8-11-9-20-15-13(11)2-1-7-19-15)26-18(22-16)21-12-5-3-10(4-6-12)17(24)25/h1-9,23H,(H,21,22)(H,24,25). The number of fused-ring (bicyclic) bond motifs is 1. The number of nitrogens with one attached hydrogen (secondary N) is 1. The molecule has 0 bridgehead atoms. The molecule has 0 fully saturated rings. The number of aliphatic imine (C=N–C) groups is 1. The Balaban J connectivity index is 1.58. The molecule has 3 N–H and O–H groups in total. The van der Waals surface area contributed by atoms with Crippen LogP contribution in [-0.4, -0.2) is 32.4 Å². The Bertz CT molecular complexity index is 1050. The van der Waals surface area contributed by atoms with Crippen molar-refractivity contribution in [2.24, 2.45) is 4.99 Å². The zero-order valence-corrected chi connectivity index (χ0v) is 14.1. The Morgan fingerprint density at radius 3 is 2.77 bits per heavy atom. The number of carboxylic acids is 1. The molecule has 8 heteroatoms. The number of hydrogen-bond donors (Lipinski definition) is 3. The molecule has 2 aromatic heterocycles. The van der Waals surface area contributed by atoms with Crippen LogP contribution in [0.1, 0.15) is 20.8 Å². The third-order valence-corrected chi connectivity index (χ3v) is 4.63. The average molecular weight is 364 g/mol. The molecule has 4 rings (SSSR count). The van der Waals surface area contributed by atoms with E-state index >= 15 is 0 Å². The number of hydrogen-bond acceptors (Lipinski definition) is 7. The molecular formula is C18H12N4O3S. The van der Waals surface area contributed by atoms with E-state index in [1.165, 1.54) is 23.5 Å². The van der Waals surface area contributed by atoms with E-state index < -0.39 is 5.97 Å². The summed E-state index contributed by atoms with van der Waals surface area (Å²) < 4.78 is 0. The first-order chi connectivity index (χ1) is 12.6. The maximum atomic E-state index is 10.9. The molecule has 0 atom stereocenters. The summed E-state index contributed by atoms with van der Waals surface area (Å²) in [4.78, 5) is 24.0. The van der Waals surface area contributed by atoms with Gasteiger partial charge in [-0.25, -0.2) is 14.8 Å². The molecule has 0 spiro atoms. The second kappa shape index (κ2) is 6.41. The van der Waals surface area contributed by atoms with E-state index in [9.17, 15) is 9.90 Å². The van der Waals surface area contributed by atoms with E-state index in [-0.39, 0.29) is 11.4 Å². The molecule has 1 aliphatic heterocycles. The Kier molecular flexibility index (Phi) is 3.94. The summed E-state index contributed by atoms with van der Waals surface area (Å²) in [6.07, 6.45) is 5.19. The number of carboxylic acid groups (broad SMARTS) is 1. The highest BCUT2D eigenvalue weighted by Gasteiger charge is 2.15. The van der Waals surface area contributed by atoms with Gasteiger partial charge in [-0.3, -0.25) is 0 Å². The number of nitrogens with zero attached hydrogens (tertiary/aromatic N) is 3. The van der Waals surface area contributed by atoms with Crippen molar-refractivity contribution in [3.8, 4) is 5.88 Å². The molecule has 26 heavy (non-hydrogen) atoms. The van der Waals surface area contributed by atoms with Gasteiger partial charge in [-0.2, -0.15) is 4.98 Å². The smallest absolute Gasteiger partial charge is 0.335 e. The number of anilines is 2. The number of allylic oxidation sites excluding steroid dienone is 1. The van der Waals surface area contributed by atoms with Crippen molar-refractivity contribution < 1.29 is 15.0 Å². The Morgan fingerprint density at radius 2 is 2.00 bits per heavy atom. The van der Waals surface area contributed by atoms with E-state index in [1.807, 2.05) is 18.2 Å². The molecule has 128 valence electrons. The lowest BCUT2D eigenvalue weighted by Crippen LogP contribution is -1.96. The van der Waals surface area contributed by atoms with Crippen molar-refractivity contribution in [2.45, 2.75) is 0 Å². The molecule has 0 aliphatic carbocycles. The largest absolute Gasteiger partial charge is 0.492 e. The summed E-state index contributed by atoms with van der Waals surface area (Å²) in [5, 5.41) is 22.6. The van der Waals surface area contributed by atoms with Crippen molar-refractivity contribution in [3.63, 3.8) is 0 Å². The van der Waals surface area contributed by atoms with E-state index in [0.29, 0.717) is 21.5 Å². The predicted octanol–water partition coefficient (Wildman–Crippen LogP) is 3.94. The van der Waals surface area contributed by atoms with Gasteiger partial charge in [-0.05, 0) is 42.5 Å². The minimum absolute atomic E-state index is 0.0853. The quantitative estimate of drug-likeness (QED) is 0.647. The fourth-order valence-corrected chi connectivity index (χ4v) is 3.30. The molecule has 0 amide bonds. The van der Waals surface area contributed by atoms with Crippen LogP contribution in [0.15, 0.2) is 47.6 Å². The van der Waals surface area contributed by atoms with Crippen LogP contribution in [0.25, 0.3) is 11.6 Å². The minimum Gasteiger partial charge on any atom is -0.492 e. The first-order valence-electron chi connectivity index (χ1n) is 7.61. The van der Waals surface area contributed by atoms with E-state index in [4.69, 9.17) is 5.11 Å². The maximum absolute atomic E-state index is 10.9. The van der Waals surface area contributed by atoms with Gasteiger partial charge >= 0.3 is 5.97 Å². The molecule has 3 heterocycles. The van der Waals surface area contributed by atoms with Crippen LogP contribution in [0.3, 0.4) is 0 Å². The highest BCUT2D eigenvalue weighted by Crippen LogP contribution is 2.36. The first-order valence-corrected chi connectivity index (χ1v) is 8.43. The van der Waals surface area contributed by atoms with Crippen LogP contribution in [0, 0.1) is 0 Å². The van der Waals surface area contributed by atoms with Crippen LogP contribution < -0.4 is 5.32 Å². The zero-order valence-electron chi connectivity index (χ0n) is 13.2. The number of aromatic nitrogens is 2. The van der Waals surface area contributed by atoms with Crippen LogP contribution in [0.2, 0.25) is 0 Å². The number of pyridine rings is 1. The van der Waals surface area contributed by atoms with Gasteiger partial charge in [-0.1, -0.05) is 11.3 Å². The first kappa shape index (κ1) is 16.0. The number of rotatable bonds is 4. The van der Waals surface area contributed by atoms with Gasteiger partial charge in [0.05, 0.1) is 10.4 Å². The summed E-state index contributed by atoms with van der Waals surface area (Å²) in [5.41, 5.74) is 2.64. The van der Waals surface area contributed by atoms with Gasteiger partial charge in [-0.15, -0.1) is 0 Å². The third-order valence-electron chi connectivity index (χ3n) is 3.73. The topological polar surface area (TPSA) is 108 Å². The van der Waals surface area contributed by atoms with Gasteiger partial charge < -0.3 is 15.5 Å². The van der Waals surface area contributed by atoms with Gasteiger partial charge in [0.25, 0.3) is 0 Å². The molecular weight excluding hydrogens is 352 g/mol. The molecule has 1 aromatic carbocycles. The summed E-state index contributed by atoms with van der Waals surface area (Å²) in [7, 11) is 0. The number of aromatic hydroxyl groups is 1. The van der Waals surface area contributed by atoms with Gasteiger partial charge in [0, 0.05) is 29.2 Å². The van der Waals surface area contributed by atoms with Crippen molar-refractivity contribution in [1.29, 1.82) is 0 Å². The lowest BCUT2D eigenvalue weighted by Gasteiger charge is -2.02. The van der Waals surface area contributed by atoms with Crippen molar-refractivity contribution in [1.82, 2.24) is 9.97 Å². The summed E-state index contributed by atoms with van der Waals surface area (Å²) >= 11 is 1.28. The predicted molar refractivity (Wildman–Crippen MR) is 101 cm³/mol. The molecule has 0 unspecified atom stereocenters. The normalized spacial score (nSPS) is 13.8. The maximum Gasteiger partial charge on any atom is 0.335 e. The fourth-order valence-electron chi connectivity index (χ4n) is 2.47. The molecule has 3 aromatic rings. The monoisotopic (exact) mass is 364 g/mol. The van der Waals surface area contributed by atoms with Crippen molar-refractivity contribution in [3.05, 3.63) is 58.6 Å². The van der Waals surface area contributed by atoms with Crippen molar-refractivity contribution >= 4 is 51.8 Å². The number of carbonyl (C=O) groups is 1. The number of aromatic carboxylic acids is 1. The Labute approximate surface area is 152 Å². The number of thiazole rings is 1. The van der Waals surface area contributed by atoms with Gasteiger partial charge in [0.1, 0.15) is 0 Å². The highest BCUT2D eigenvalue weighted by atomic mass is 32.1. The molecule has 1 aliphatic rings. The second-order valence-electron chi connectivity index (χ2n) is 5.45. The SMILES string of the molecule is O=C(O)c1ccc(Nc2nc(O)c(C=C3C=Nc4ncccc43)s2)cc1. The lowest BCUT2D eigenvalue weighted by molar-refractivity contribution is 0.0697. The Hall–Kier alpha value is -3.52. The van der Waals surface area contributed by atoms with Crippen LogP contribution in [0.4, 0.5) is 16.6 Å². The van der Waals surface area contributed by atoms with E-state index in [1.54, 1.807) is 24.5 Å². The minimum atomic E-state index is -0.981.